The van der Waals surface area contributed by atoms with Crippen LogP contribution in [0.5, 0.6) is 5.75 Å². The van der Waals surface area contributed by atoms with Gasteiger partial charge in [0.15, 0.2) is 0 Å². The number of amides is 1. The Morgan fingerprint density at radius 3 is 2.69 bits per heavy atom. The molecule has 1 aromatic carbocycles. The summed E-state index contributed by atoms with van der Waals surface area (Å²) in [6.45, 7) is 3.81. The van der Waals surface area contributed by atoms with Crippen molar-refractivity contribution in [1.82, 2.24) is 10.2 Å². The Hall–Kier alpha value is -1.89. The number of aryl methyl sites for hydroxylation is 2. The van der Waals surface area contributed by atoms with E-state index in [0.717, 1.165) is 49.8 Å². The molecule has 1 aromatic heterocycles. The van der Waals surface area contributed by atoms with Crippen molar-refractivity contribution in [1.29, 1.82) is 0 Å². The molecule has 0 spiro atoms. The highest BCUT2D eigenvalue weighted by Gasteiger charge is 2.24. The first-order chi connectivity index (χ1) is 14.2. The average Bonchev–Trinajstić information content (AvgIpc) is 3.05. The fraction of sp³-hybridized carbons (Fsp3) is 0.522. The number of thiophene rings is 1. The van der Waals surface area contributed by atoms with E-state index in [4.69, 9.17) is 9.47 Å². The van der Waals surface area contributed by atoms with Crippen LogP contribution in [0.15, 0.2) is 30.3 Å². The Morgan fingerprint density at radius 1 is 1.17 bits per heavy atom. The molecule has 2 aromatic rings. The fourth-order valence-electron chi connectivity index (χ4n) is 4.23. The first kappa shape index (κ1) is 20.4. The first-order valence-corrected chi connectivity index (χ1v) is 11.4. The van der Waals surface area contributed by atoms with Crippen molar-refractivity contribution in [3.8, 4) is 5.75 Å². The molecule has 1 fully saturated rings. The maximum Gasteiger partial charge on any atom is 0.261 e. The number of nitrogens with zero attached hydrogens (tertiary/aromatic N) is 1. The first-order valence-electron chi connectivity index (χ1n) is 10.6. The highest BCUT2D eigenvalue weighted by atomic mass is 32.1. The summed E-state index contributed by atoms with van der Waals surface area (Å²) in [5.41, 5.74) is 2.58. The van der Waals surface area contributed by atoms with Crippen molar-refractivity contribution in [3.63, 3.8) is 0 Å². The van der Waals surface area contributed by atoms with Crippen molar-refractivity contribution in [2.75, 3.05) is 40.0 Å². The summed E-state index contributed by atoms with van der Waals surface area (Å²) in [5, 5.41) is 3.21. The summed E-state index contributed by atoms with van der Waals surface area (Å²) in [5.74, 6) is 0.897. The normalized spacial score (nSPS) is 18.5. The number of methoxy groups -OCH3 is 1. The molecule has 2 aliphatic rings. The van der Waals surface area contributed by atoms with Crippen molar-refractivity contribution in [2.24, 2.45) is 0 Å². The SMILES string of the molecule is COc1ccc([C@H](CNC(=O)c2cc3c(s2)CCCCC3)N2CCOCC2)cc1. The average molecular weight is 415 g/mol. The summed E-state index contributed by atoms with van der Waals surface area (Å²) in [6, 6.07) is 10.4. The summed E-state index contributed by atoms with van der Waals surface area (Å²) in [6.07, 6.45) is 6.01. The van der Waals surface area contributed by atoms with E-state index in [-0.39, 0.29) is 11.9 Å². The molecule has 2 heterocycles. The van der Waals surface area contributed by atoms with Gasteiger partial charge in [-0.05, 0) is 55.0 Å². The number of hydrogen-bond acceptors (Lipinski definition) is 5. The summed E-state index contributed by atoms with van der Waals surface area (Å²) in [4.78, 5) is 17.6. The number of rotatable bonds is 6. The third kappa shape index (κ3) is 5.00. The Labute approximate surface area is 177 Å². The Balaban J connectivity index is 1.46. The van der Waals surface area contributed by atoms with Crippen LogP contribution in [-0.2, 0) is 17.6 Å². The number of ether oxygens (including phenoxy) is 2. The van der Waals surface area contributed by atoms with Crippen LogP contribution in [0.3, 0.4) is 0 Å². The van der Waals surface area contributed by atoms with Gasteiger partial charge in [-0.25, -0.2) is 0 Å². The Bertz CT molecular complexity index is 789. The second-order valence-corrected chi connectivity index (χ2v) is 8.90. The molecule has 1 aliphatic carbocycles. The minimum absolute atomic E-state index is 0.0508. The highest BCUT2D eigenvalue weighted by Crippen LogP contribution is 2.29. The highest BCUT2D eigenvalue weighted by molar-refractivity contribution is 7.14. The third-order valence-electron chi connectivity index (χ3n) is 5.91. The lowest BCUT2D eigenvalue weighted by Crippen LogP contribution is -2.43. The van der Waals surface area contributed by atoms with Gasteiger partial charge in [-0.2, -0.15) is 0 Å². The van der Waals surface area contributed by atoms with E-state index in [2.05, 4.69) is 28.4 Å². The largest absolute Gasteiger partial charge is 0.497 e. The van der Waals surface area contributed by atoms with E-state index in [1.54, 1.807) is 18.4 Å². The number of benzene rings is 1. The van der Waals surface area contributed by atoms with E-state index in [9.17, 15) is 4.79 Å². The molecule has 1 aliphatic heterocycles. The van der Waals surface area contributed by atoms with E-state index in [1.807, 2.05) is 12.1 Å². The van der Waals surface area contributed by atoms with Gasteiger partial charge in [0.25, 0.3) is 5.91 Å². The standard InChI is InChI=1S/C23H30N2O3S/c1-27-19-9-7-17(8-10-19)20(25-11-13-28-14-12-25)16-24-23(26)22-15-18-5-3-2-4-6-21(18)29-22/h7-10,15,20H,2-6,11-14,16H2,1H3,(H,24,26)/t20-/m0/s1. The Morgan fingerprint density at radius 2 is 1.93 bits per heavy atom. The lowest BCUT2D eigenvalue weighted by molar-refractivity contribution is 0.0162. The molecule has 1 amide bonds. The van der Waals surface area contributed by atoms with E-state index in [0.29, 0.717) is 6.54 Å². The number of carbonyl (C=O) groups excluding carboxylic acids is 1. The second kappa shape index (κ2) is 9.74. The molecule has 5 nitrogen and oxygen atoms in total. The lowest BCUT2D eigenvalue weighted by Gasteiger charge is -2.35. The molecular formula is C23H30N2O3S. The molecule has 29 heavy (non-hydrogen) atoms. The van der Waals surface area contributed by atoms with Crippen LogP contribution in [0, 0.1) is 0 Å². The van der Waals surface area contributed by atoms with Crippen LogP contribution in [0.1, 0.15) is 51.0 Å². The minimum Gasteiger partial charge on any atom is -0.497 e. The van der Waals surface area contributed by atoms with Gasteiger partial charge < -0.3 is 14.8 Å². The van der Waals surface area contributed by atoms with Gasteiger partial charge in [-0.3, -0.25) is 9.69 Å². The zero-order valence-corrected chi connectivity index (χ0v) is 17.9. The topological polar surface area (TPSA) is 50.8 Å². The monoisotopic (exact) mass is 414 g/mol. The van der Waals surface area contributed by atoms with E-state index in [1.165, 1.54) is 35.3 Å². The smallest absolute Gasteiger partial charge is 0.261 e. The van der Waals surface area contributed by atoms with Gasteiger partial charge in [0.05, 0.1) is 31.2 Å². The fourth-order valence-corrected chi connectivity index (χ4v) is 5.40. The Kier molecular flexibility index (Phi) is 6.85. The number of carbonyl (C=O) groups is 1. The summed E-state index contributed by atoms with van der Waals surface area (Å²) >= 11 is 1.68. The zero-order valence-electron chi connectivity index (χ0n) is 17.1. The van der Waals surface area contributed by atoms with Crippen LogP contribution >= 0.6 is 11.3 Å². The predicted octanol–water partition coefficient (Wildman–Crippen LogP) is 3.83. The second-order valence-electron chi connectivity index (χ2n) is 7.77. The molecule has 4 rings (SSSR count). The van der Waals surface area contributed by atoms with Crippen LogP contribution in [0.25, 0.3) is 0 Å². The number of fused-ring (bicyclic) bond motifs is 1. The zero-order chi connectivity index (χ0) is 20.1. The molecule has 0 radical (unpaired) electrons. The molecule has 1 saturated heterocycles. The van der Waals surface area contributed by atoms with Crippen LogP contribution in [-0.4, -0.2) is 50.8 Å². The van der Waals surface area contributed by atoms with Crippen molar-refractivity contribution >= 4 is 17.2 Å². The summed E-state index contributed by atoms with van der Waals surface area (Å²) < 4.78 is 10.8. The quantitative estimate of drug-likeness (QED) is 0.730. The molecule has 6 heteroatoms. The van der Waals surface area contributed by atoms with Crippen molar-refractivity contribution < 1.29 is 14.3 Å². The van der Waals surface area contributed by atoms with Gasteiger partial charge in [0, 0.05) is 24.5 Å². The molecule has 156 valence electrons. The number of morpholine rings is 1. The van der Waals surface area contributed by atoms with Crippen LogP contribution in [0.2, 0.25) is 0 Å². The predicted molar refractivity (Wildman–Crippen MR) is 116 cm³/mol. The van der Waals surface area contributed by atoms with Gasteiger partial charge in [-0.15, -0.1) is 11.3 Å². The third-order valence-corrected chi connectivity index (χ3v) is 7.15. The van der Waals surface area contributed by atoms with E-state index < -0.39 is 0 Å². The van der Waals surface area contributed by atoms with Crippen LogP contribution in [0.4, 0.5) is 0 Å². The maximum atomic E-state index is 12.9. The molecule has 0 bridgehead atoms. The van der Waals surface area contributed by atoms with Crippen LogP contribution < -0.4 is 10.1 Å². The number of nitrogens with one attached hydrogen (secondary N) is 1. The number of hydrogen-bond donors (Lipinski definition) is 1. The summed E-state index contributed by atoms with van der Waals surface area (Å²) in [7, 11) is 1.68. The minimum atomic E-state index is 0.0508. The molecule has 0 saturated carbocycles. The molecule has 1 atom stereocenters. The molecule has 1 N–H and O–H groups in total. The van der Waals surface area contributed by atoms with Gasteiger partial charge >= 0.3 is 0 Å². The van der Waals surface area contributed by atoms with Gasteiger partial charge in [0.2, 0.25) is 0 Å². The van der Waals surface area contributed by atoms with Gasteiger partial charge in [-0.1, -0.05) is 18.6 Å². The molecule has 0 unspecified atom stereocenters. The van der Waals surface area contributed by atoms with Crippen molar-refractivity contribution in [3.05, 3.63) is 51.2 Å². The maximum absolute atomic E-state index is 12.9. The van der Waals surface area contributed by atoms with E-state index >= 15 is 0 Å². The van der Waals surface area contributed by atoms with Gasteiger partial charge in [0.1, 0.15) is 5.75 Å². The lowest BCUT2D eigenvalue weighted by atomic mass is 10.0. The molecular weight excluding hydrogens is 384 g/mol. The van der Waals surface area contributed by atoms with Crippen molar-refractivity contribution in [2.45, 2.75) is 38.1 Å².